The predicted octanol–water partition coefficient (Wildman–Crippen LogP) is 1.18. The first-order chi connectivity index (χ1) is 5.67. The second kappa shape index (κ2) is 5.27. The van der Waals surface area contributed by atoms with Crippen molar-refractivity contribution in [3.63, 3.8) is 0 Å². The largest absolute Gasteiger partial charge is 0.466 e. The average molecular weight is 169 g/mol. The molecule has 0 spiro atoms. The minimum absolute atomic E-state index is 0.350. The van der Waals surface area contributed by atoms with Crippen molar-refractivity contribution in [1.82, 2.24) is 0 Å². The van der Waals surface area contributed by atoms with Crippen LogP contribution >= 0.6 is 0 Å². The Kier molecular flexibility index (Phi) is 4.65. The van der Waals surface area contributed by atoms with E-state index in [0.717, 1.165) is 0 Å². The van der Waals surface area contributed by atoms with Crippen LogP contribution in [0.1, 0.15) is 20.3 Å². The summed E-state index contributed by atoms with van der Waals surface area (Å²) < 4.78 is 4.45. The lowest BCUT2D eigenvalue weighted by Crippen LogP contribution is -2.03. The van der Waals surface area contributed by atoms with Crippen molar-refractivity contribution >= 4 is 12.0 Å². The molecule has 4 nitrogen and oxygen atoms in total. The second-order valence-electron chi connectivity index (χ2n) is 2.12. The van der Waals surface area contributed by atoms with E-state index in [4.69, 9.17) is 0 Å². The number of rotatable bonds is 3. The fourth-order valence-corrected chi connectivity index (χ4v) is 0.754. The van der Waals surface area contributed by atoms with E-state index in [9.17, 15) is 9.59 Å². The SMILES string of the molecule is CC/C(N=C=O)=C(\C)C(=O)OC. The molecule has 0 aromatic heterocycles. The predicted molar refractivity (Wildman–Crippen MR) is 43.1 cm³/mol. The first-order valence-electron chi connectivity index (χ1n) is 3.53. The van der Waals surface area contributed by atoms with Crippen LogP contribution in [0.5, 0.6) is 0 Å². The van der Waals surface area contributed by atoms with Gasteiger partial charge < -0.3 is 4.74 Å². The maximum atomic E-state index is 10.9. The van der Waals surface area contributed by atoms with E-state index in [2.05, 4.69) is 9.73 Å². The van der Waals surface area contributed by atoms with Crippen molar-refractivity contribution in [3.05, 3.63) is 11.3 Å². The Hall–Kier alpha value is -1.41. The summed E-state index contributed by atoms with van der Waals surface area (Å²) in [6.07, 6.45) is 1.90. The molecule has 0 unspecified atom stereocenters. The normalized spacial score (nSPS) is 11.2. The van der Waals surface area contributed by atoms with Gasteiger partial charge in [0.1, 0.15) is 0 Å². The van der Waals surface area contributed by atoms with Crippen LogP contribution in [-0.2, 0) is 14.3 Å². The molecule has 0 rings (SSSR count). The van der Waals surface area contributed by atoms with E-state index in [0.29, 0.717) is 17.7 Å². The van der Waals surface area contributed by atoms with Gasteiger partial charge in [0, 0.05) is 0 Å². The quantitative estimate of drug-likeness (QED) is 0.276. The number of carbonyl (C=O) groups excluding carboxylic acids is 2. The third-order valence-electron chi connectivity index (χ3n) is 1.44. The van der Waals surface area contributed by atoms with Gasteiger partial charge in [-0.05, 0) is 13.3 Å². The molecule has 0 heterocycles. The van der Waals surface area contributed by atoms with E-state index in [1.807, 2.05) is 0 Å². The number of nitrogens with zero attached hydrogens (tertiary/aromatic N) is 1. The third kappa shape index (κ3) is 2.68. The van der Waals surface area contributed by atoms with Crippen LogP contribution in [0, 0.1) is 0 Å². The molecular weight excluding hydrogens is 158 g/mol. The van der Waals surface area contributed by atoms with E-state index >= 15 is 0 Å². The summed E-state index contributed by atoms with van der Waals surface area (Å²) in [6.45, 7) is 3.36. The zero-order chi connectivity index (χ0) is 9.56. The van der Waals surface area contributed by atoms with Crippen LogP contribution in [0.3, 0.4) is 0 Å². The Morgan fingerprint density at radius 1 is 1.58 bits per heavy atom. The standard InChI is InChI=1S/C8H11NO3/c1-4-7(9-5-10)6(2)8(11)12-3/h4H2,1-3H3/b7-6-. The summed E-state index contributed by atoms with van der Waals surface area (Å²) in [5.74, 6) is -0.467. The fourth-order valence-electron chi connectivity index (χ4n) is 0.754. The minimum atomic E-state index is -0.467. The van der Waals surface area contributed by atoms with Gasteiger partial charge in [-0.2, -0.15) is 4.99 Å². The van der Waals surface area contributed by atoms with Crippen LogP contribution in [-0.4, -0.2) is 19.2 Å². The Morgan fingerprint density at radius 3 is 2.50 bits per heavy atom. The van der Waals surface area contributed by atoms with Gasteiger partial charge >= 0.3 is 5.97 Å². The summed E-state index contributed by atoms with van der Waals surface area (Å²) in [5, 5.41) is 0. The number of hydrogen-bond acceptors (Lipinski definition) is 4. The summed E-state index contributed by atoms with van der Waals surface area (Å²) in [4.78, 5) is 24.2. The number of ether oxygens (including phenoxy) is 1. The molecule has 0 fully saturated rings. The second-order valence-corrected chi connectivity index (χ2v) is 2.12. The molecule has 4 heteroatoms. The van der Waals surface area contributed by atoms with E-state index < -0.39 is 5.97 Å². The van der Waals surface area contributed by atoms with E-state index in [-0.39, 0.29) is 0 Å². The molecule has 66 valence electrons. The molecule has 12 heavy (non-hydrogen) atoms. The van der Waals surface area contributed by atoms with Crippen LogP contribution < -0.4 is 0 Å². The lowest BCUT2D eigenvalue weighted by atomic mass is 10.2. The highest BCUT2D eigenvalue weighted by Crippen LogP contribution is 2.10. The molecule has 0 aliphatic rings. The van der Waals surface area contributed by atoms with Crippen molar-refractivity contribution in [3.8, 4) is 0 Å². The first kappa shape index (κ1) is 10.6. The van der Waals surface area contributed by atoms with Crippen molar-refractivity contribution in [2.45, 2.75) is 20.3 Å². The highest BCUT2D eigenvalue weighted by molar-refractivity contribution is 5.88. The number of hydrogen-bond donors (Lipinski definition) is 0. The van der Waals surface area contributed by atoms with E-state index in [1.54, 1.807) is 13.8 Å². The van der Waals surface area contributed by atoms with Gasteiger partial charge in [0.2, 0.25) is 6.08 Å². The summed E-state index contributed by atoms with van der Waals surface area (Å²) in [5.41, 5.74) is 0.764. The summed E-state index contributed by atoms with van der Waals surface area (Å²) in [6, 6.07) is 0. The summed E-state index contributed by atoms with van der Waals surface area (Å²) in [7, 11) is 1.28. The van der Waals surface area contributed by atoms with Gasteiger partial charge in [0.25, 0.3) is 0 Å². The number of allylic oxidation sites excluding steroid dienone is 1. The van der Waals surface area contributed by atoms with Crippen molar-refractivity contribution in [1.29, 1.82) is 0 Å². The van der Waals surface area contributed by atoms with Gasteiger partial charge in [-0.15, -0.1) is 0 Å². The molecule has 0 radical (unpaired) electrons. The Morgan fingerprint density at radius 2 is 2.17 bits per heavy atom. The molecule has 0 amide bonds. The van der Waals surface area contributed by atoms with Crippen molar-refractivity contribution in [2.24, 2.45) is 4.99 Å². The zero-order valence-corrected chi connectivity index (χ0v) is 7.38. The Balaban J connectivity index is 4.82. The van der Waals surface area contributed by atoms with Crippen LogP contribution in [0.15, 0.2) is 16.3 Å². The zero-order valence-electron chi connectivity index (χ0n) is 7.38. The smallest absolute Gasteiger partial charge is 0.335 e. The number of esters is 1. The third-order valence-corrected chi connectivity index (χ3v) is 1.44. The van der Waals surface area contributed by atoms with Crippen LogP contribution in [0.4, 0.5) is 0 Å². The monoisotopic (exact) mass is 169 g/mol. The number of aliphatic imine (C=N–C) groups is 1. The molecular formula is C8H11NO3. The highest BCUT2D eigenvalue weighted by Gasteiger charge is 2.08. The van der Waals surface area contributed by atoms with E-state index in [1.165, 1.54) is 13.2 Å². The lowest BCUT2D eigenvalue weighted by Gasteiger charge is -2.00. The highest BCUT2D eigenvalue weighted by atomic mass is 16.5. The van der Waals surface area contributed by atoms with Crippen molar-refractivity contribution in [2.75, 3.05) is 7.11 Å². The van der Waals surface area contributed by atoms with Gasteiger partial charge in [0.15, 0.2) is 0 Å². The summed E-state index contributed by atoms with van der Waals surface area (Å²) >= 11 is 0. The van der Waals surface area contributed by atoms with Gasteiger partial charge in [0.05, 0.1) is 18.4 Å². The van der Waals surface area contributed by atoms with Gasteiger partial charge in [-0.25, -0.2) is 9.59 Å². The Bertz CT molecular complexity index is 249. The molecule has 0 aromatic carbocycles. The Labute approximate surface area is 70.9 Å². The molecule has 0 aliphatic heterocycles. The molecule has 0 saturated heterocycles. The number of carbonyl (C=O) groups is 1. The number of isocyanates is 1. The minimum Gasteiger partial charge on any atom is -0.466 e. The maximum Gasteiger partial charge on any atom is 0.335 e. The molecule has 0 saturated carbocycles. The van der Waals surface area contributed by atoms with Gasteiger partial charge in [-0.1, -0.05) is 6.92 Å². The molecule has 0 atom stereocenters. The van der Waals surface area contributed by atoms with Crippen LogP contribution in [0.25, 0.3) is 0 Å². The maximum absolute atomic E-state index is 10.9. The fraction of sp³-hybridized carbons (Fsp3) is 0.500. The van der Waals surface area contributed by atoms with Gasteiger partial charge in [-0.3, -0.25) is 0 Å². The molecule has 0 bridgehead atoms. The lowest BCUT2D eigenvalue weighted by molar-refractivity contribution is -0.136. The number of methoxy groups -OCH3 is 1. The topological polar surface area (TPSA) is 55.7 Å². The van der Waals surface area contributed by atoms with Crippen LogP contribution in [0.2, 0.25) is 0 Å². The molecule has 0 aromatic rings. The van der Waals surface area contributed by atoms with Crippen molar-refractivity contribution < 1.29 is 14.3 Å². The first-order valence-corrected chi connectivity index (χ1v) is 3.53. The molecule has 0 N–H and O–H groups in total. The average Bonchev–Trinajstić information content (AvgIpc) is 2.11. The molecule has 0 aliphatic carbocycles.